The van der Waals surface area contributed by atoms with Gasteiger partial charge in [-0.25, -0.2) is 0 Å². The second kappa shape index (κ2) is 3.75. The van der Waals surface area contributed by atoms with Crippen LogP contribution in [0.3, 0.4) is 0 Å². The molecule has 2 N–H and O–H groups in total. The van der Waals surface area contributed by atoms with Gasteiger partial charge in [0.25, 0.3) is 5.56 Å². The molecule has 3 nitrogen and oxygen atoms in total. The molecule has 0 radical (unpaired) electrons. The third-order valence-electron chi connectivity index (χ3n) is 2.23. The van der Waals surface area contributed by atoms with Crippen LogP contribution >= 0.6 is 0 Å². The number of aromatic nitrogens is 1. The molecule has 0 spiro atoms. The van der Waals surface area contributed by atoms with Crippen LogP contribution in [0.5, 0.6) is 0 Å². The zero-order valence-electron chi connectivity index (χ0n) is 8.37. The molecule has 1 atom stereocenters. The molecule has 1 aromatic rings. The highest BCUT2D eigenvalue weighted by molar-refractivity contribution is 5.18. The summed E-state index contributed by atoms with van der Waals surface area (Å²) in [6, 6.07) is 3.56. The molecule has 0 aliphatic rings. The van der Waals surface area contributed by atoms with Crippen molar-refractivity contribution in [1.82, 2.24) is 4.57 Å². The van der Waals surface area contributed by atoms with Crippen molar-refractivity contribution in [2.45, 2.75) is 33.4 Å². The molecule has 1 heterocycles. The average Bonchev–Trinajstić information content (AvgIpc) is 2.04. The highest BCUT2D eigenvalue weighted by Gasteiger charge is 2.07. The fraction of sp³-hybridized carbons (Fsp3) is 0.500. The van der Waals surface area contributed by atoms with E-state index >= 15 is 0 Å². The van der Waals surface area contributed by atoms with E-state index in [0.29, 0.717) is 12.1 Å². The van der Waals surface area contributed by atoms with Crippen LogP contribution in [0.1, 0.15) is 31.1 Å². The Morgan fingerprint density at radius 2 is 2.15 bits per heavy atom. The third kappa shape index (κ3) is 1.80. The molecule has 0 amide bonds. The summed E-state index contributed by atoms with van der Waals surface area (Å²) < 4.78 is 1.73. The van der Waals surface area contributed by atoms with Gasteiger partial charge in [0.15, 0.2) is 0 Å². The zero-order chi connectivity index (χ0) is 10.0. The molecule has 0 saturated carbocycles. The lowest BCUT2D eigenvalue weighted by Crippen LogP contribution is -2.27. The maximum atomic E-state index is 11.7. The van der Waals surface area contributed by atoms with E-state index in [9.17, 15) is 4.79 Å². The van der Waals surface area contributed by atoms with E-state index < -0.39 is 0 Å². The van der Waals surface area contributed by atoms with Gasteiger partial charge in [-0.1, -0.05) is 6.07 Å². The second-order valence-electron chi connectivity index (χ2n) is 3.27. The number of hydrogen-bond acceptors (Lipinski definition) is 2. The number of nitrogens with two attached hydrogens (primary N) is 1. The van der Waals surface area contributed by atoms with Crippen LogP contribution < -0.4 is 11.3 Å². The standard InChI is InChI=1S/C10H16N2O/c1-4-12-7(2)5-6-9(8(3)11)10(12)13/h5-6,8H,4,11H2,1-3H3. The van der Waals surface area contributed by atoms with Gasteiger partial charge in [-0.2, -0.15) is 0 Å². The number of aryl methyl sites for hydroxylation is 1. The Labute approximate surface area is 78.2 Å². The maximum absolute atomic E-state index is 11.7. The highest BCUT2D eigenvalue weighted by atomic mass is 16.1. The zero-order valence-corrected chi connectivity index (χ0v) is 8.37. The summed E-state index contributed by atoms with van der Waals surface area (Å²) in [7, 11) is 0. The lowest BCUT2D eigenvalue weighted by molar-refractivity contribution is 0.671. The van der Waals surface area contributed by atoms with Crippen molar-refractivity contribution in [3.63, 3.8) is 0 Å². The molecule has 0 fully saturated rings. The lowest BCUT2D eigenvalue weighted by Gasteiger charge is -2.11. The first-order valence-corrected chi connectivity index (χ1v) is 4.53. The molecule has 0 aromatic carbocycles. The fourth-order valence-corrected chi connectivity index (χ4v) is 1.43. The number of nitrogens with zero attached hydrogens (tertiary/aromatic N) is 1. The minimum Gasteiger partial charge on any atom is -0.324 e. The van der Waals surface area contributed by atoms with Gasteiger partial charge in [0.05, 0.1) is 0 Å². The topological polar surface area (TPSA) is 48.0 Å². The minimum absolute atomic E-state index is 0.0394. The number of rotatable bonds is 2. The van der Waals surface area contributed by atoms with E-state index in [0.717, 1.165) is 5.69 Å². The summed E-state index contributed by atoms with van der Waals surface area (Å²) in [6.07, 6.45) is 0. The van der Waals surface area contributed by atoms with Crippen molar-refractivity contribution in [2.75, 3.05) is 0 Å². The largest absolute Gasteiger partial charge is 0.324 e. The van der Waals surface area contributed by atoms with E-state index in [1.54, 1.807) is 4.57 Å². The monoisotopic (exact) mass is 180 g/mol. The Bertz CT molecular complexity index is 352. The first-order valence-electron chi connectivity index (χ1n) is 4.53. The van der Waals surface area contributed by atoms with Crippen LogP contribution in [0.4, 0.5) is 0 Å². The van der Waals surface area contributed by atoms with Crippen LogP contribution in [0.25, 0.3) is 0 Å². The summed E-state index contributed by atoms with van der Waals surface area (Å²) >= 11 is 0. The van der Waals surface area contributed by atoms with Crippen molar-refractivity contribution in [3.8, 4) is 0 Å². The summed E-state index contributed by atoms with van der Waals surface area (Å²) in [5.41, 5.74) is 7.38. The smallest absolute Gasteiger partial charge is 0.255 e. The molecule has 0 bridgehead atoms. The quantitative estimate of drug-likeness (QED) is 0.743. The molecule has 1 rings (SSSR count). The van der Waals surface area contributed by atoms with Gasteiger partial charge >= 0.3 is 0 Å². The normalized spacial score (nSPS) is 12.9. The molecule has 0 saturated heterocycles. The van der Waals surface area contributed by atoms with E-state index in [1.807, 2.05) is 32.9 Å². The van der Waals surface area contributed by atoms with Gasteiger partial charge in [-0.05, 0) is 26.8 Å². The van der Waals surface area contributed by atoms with Crippen molar-refractivity contribution in [3.05, 3.63) is 33.7 Å². The van der Waals surface area contributed by atoms with Gasteiger partial charge in [0.2, 0.25) is 0 Å². The Morgan fingerprint density at radius 1 is 1.54 bits per heavy atom. The van der Waals surface area contributed by atoms with Gasteiger partial charge in [0, 0.05) is 23.8 Å². The van der Waals surface area contributed by atoms with Gasteiger partial charge in [-0.15, -0.1) is 0 Å². The van der Waals surface area contributed by atoms with Crippen molar-refractivity contribution in [1.29, 1.82) is 0 Å². The molecule has 0 aliphatic heterocycles. The fourth-order valence-electron chi connectivity index (χ4n) is 1.43. The molecule has 0 aliphatic carbocycles. The summed E-state index contributed by atoms with van der Waals surface area (Å²) in [6.45, 7) is 6.41. The molecule has 72 valence electrons. The second-order valence-corrected chi connectivity index (χ2v) is 3.27. The van der Waals surface area contributed by atoms with Crippen LogP contribution in [0, 0.1) is 6.92 Å². The first kappa shape index (κ1) is 9.99. The predicted molar refractivity (Wildman–Crippen MR) is 53.7 cm³/mol. The van der Waals surface area contributed by atoms with Crippen LogP contribution in [0.2, 0.25) is 0 Å². The van der Waals surface area contributed by atoms with Crippen molar-refractivity contribution >= 4 is 0 Å². The average molecular weight is 180 g/mol. The number of pyridine rings is 1. The Kier molecular flexibility index (Phi) is 2.88. The third-order valence-corrected chi connectivity index (χ3v) is 2.23. The Balaban J connectivity index is 3.37. The van der Waals surface area contributed by atoms with Gasteiger partial charge in [0.1, 0.15) is 0 Å². The first-order chi connectivity index (χ1) is 6.07. The SMILES string of the molecule is CCn1c(C)ccc(C(C)N)c1=O. The van der Waals surface area contributed by atoms with Crippen LogP contribution in [-0.4, -0.2) is 4.57 Å². The van der Waals surface area contributed by atoms with Gasteiger partial charge in [-0.3, -0.25) is 4.79 Å². The molecule has 1 aromatic heterocycles. The predicted octanol–water partition coefficient (Wildman–Crippen LogP) is 1.20. The molecule has 3 heteroatoms. The molecule has 1 unspecified atom stereocenters. The summed E-state index contributed by atoms with van der Waals surface area (Å²) in [5.74, 6) is 0. The Morgan fingerprint density at radius 3 is 2.62 bits per heavy atom. The lowest BCUT2D eigenvalue weighted by atomic mass is 10.1. The minimum atomic E-state index is -0.189. The maximum Gasteiger partial charge on any atom is 0.255 e. The Hall–Kier alpha value is -1.09. The van der Waals surface area contributed by atoms with E-state index in [-0.39, 0.29) is 11.6 Å². The van der Waals surface area contributed by atoms with Gasteiger partial charge < -0.3 is 10.3 Å². The van der Waals surface area contributed by atoms with Crippen molar-refractivity contribution in [2.24, 2.45) is 5.73 Å². The molecule has 13 heavy (non-hydrogen) atoms. The van der Waals surface area contributed by atoms with E-state index in [4.69, 9.17) is 5.73 Å². The van der Waals surface area contributed by atoms with Crippen LogP contribution in [0.15, 0.2) is 16.9 Å². The van der Waals surface area contributed by atoms with E-state index in [2.05, 4.69) is 0 Å². The van der Waals surface area contributed by atoms with Crippen LogP contribution in [-0.2, 0) is 6.54 Å². The number of hydrogen-bond donors (Lipinski definition) is 1. The highest BCUT2D eigenvalue weighted by Crippen LogP contribution is 2.05. The molecular formula is C10H16N2O. The van der Waals surface area contributed by atoms with E-state index in [1.165, 1.54) is 0 Å². The molecular weight excluding hydrogens is 164 g/mol. The summed E-state index contributed by atoms with van der Waals surface area (Å²) in [5, 5.41) is 0. The van der Waals surface area contributed by atoms with Crippen molar-refractivity contribution < 1.29 is 0 Å². The summed E-state index contributed by atoms with van der Waals surface area (Å²) in [4.78, 5) is 11.7.